The van der Waals surface area contributed by atoms with Crippen molar-refractivity contribution in [3.63, 3.8) is 0 Å². The van der Waals surface area contributed by atoms with Gasteiger partial charge in [0, 0.05) is 17.8 Å². The average Bonchev–Trinajstić information content (AvgIpc) is 2.81. The lowest BCUT2D eigenvalue weighted by atomic mass is 10.2. The summed E-state index contributed by atoms with van der Waals surface area (Å²) < 4.78 is 2.68. The summed E-state index contributed by atoms with van der Waals surface area (Å²) in [5.74, 6) is 0.695. The van der Waals surface area contributed by atoms with Crippen LogP contribution in [0.5, 0.6) is 0 Å². The number of benzene rings is 1. The van der Waals surface area contributed by atoms with Crippen LogP contribution in [-0.4, -0.2) is 21.4 Å². The second-order valence-electron chi connectivity index (χ2n) is 4.85. The molecule has 0 aliphatic heterocycles. The van der Waals surface area contributed by atoms with E-state index in [9.17, 15) is 0 Å². The quantitative estimate of drug-likeness (QED) is 0.555. The Bertz CT molecular complexity index is 644. The van der Waals surface area contributed by atoms with Crippen molar-refractivity contribution < 1.29 is 0 Å². The van der Waals surface area contributed by atoms with Gasteiger partial charge in [-0.1, -0.05) is 43.1 Å². The molecule has 22 heavy (non-hydrogen) atoms. The summed E-state index contributed by atoms with van der Waals surface area (Å²) >= 11 is 14.9. The van der Waals surface area contributed by atoms with Gasteiger partial charge >= 0.3 is 0 Å². The SMILES string of the molecule is CCCCNC(=S)Nc1nn(Cc2ccccc2Cl)cc1Br. The maximum atomic E-state index is 6.18. The molecule has 0 radical (unpaired) electrons. The molecule has 0 bridgehead atoms. The second kappa shape index (κ2) is 8.50. The van der Waals surface area contributed by atoms with Crippen molar-refractivity contribution in [1.82, 2.24) is 15.1 Å². The highest BCUT2D eigenvalue weighted by atomic mass is 79.9. The number of nitrogens with zero attached hydrogens (tertiary/aromatic N) is 2. The molecule has 118 valence electrons. The monoisotopic (exact) mass is 400 g/mol. The van der Waals surface area contributed by atoms with E-state index in [1.807, 2.05) is 35.1 Å². The first-order valence-corrected chi connectivity index (χ1v) is 8.69. The predicted octanol–water partition coefficient (Wildman–Crippen LogP) is 4.43. The highest BCUT2D eigenvalue weighted by molar-refractivity contribution is 9.10. The first kappa shape index (κ1) is 17.2. The predicted molar refractivity (Wildman–Crippen MR) is 99.6 cm³/mol. The lowest BCUT2D eigenvalue weighted by Gasteiger charge is -2.08. The molecular formula is C15H18BrClN4S. The summed E-state index contributed by atoms with van der Waals surface area (Å²) in [4.78, 5) is 0. The maximum absolute atomic E-state index is 6.18. The van der Waals surface area contributed by atoms with E-state index in [1.54, 1.807) is 0 Å². The lowest BCUT2D eigenvalue weighted by Crippen LogP contribution is -2.29. The summed E-state index contributed by atoms with van der Waals surface area (Å²) in [5, 5.41) is 12.1. The Morgan fingerprint density at radius 1 is 1.41 bits per heavy atom. The maximum Gasteiger partial charge on any atom is 0.172 e. The van der Waals surface area contributed by atoms with E-state index in [4.69, 9.17) is 23.8 Å². The van der Waals surface area contributed by atoms with Crippen LogP contribution in [0.15, 0.2) is 34.9 Å². The molecule has 2 N–H and O–H groups in total. The minimum Gasteiger partial charge on any atom is -0.362 e. The highest BCUT2D eigenvalue weighted by Gasteiger charge is 2.09. The normalized spacial score (nSPS) is 10.5. The molecule has 2 rings (SSSR count). The van der Waals surface area contributed by atoms with Crippen molar-refractivity contribution in [1.29, 1.82) is 0 Å². The van der Waals surface area contributed by atoms with Crippen LogP contribution in [0.25, 0.3) is 0 Å². The van der Waals surface area contributed by atoms with E-state index >= 15 is 0 Å². The Morgan fingerprint density at radius 3 is 2.91 bits per heavy atom. The second-order valence-corrected chi connectivity index (χ2v) is 6.52. The van der Waals surface area contributed by atoms with Crippen LogP contribution < -0.4 is 10.6 Å². The Balaban J connectivity index is 1.99. The zero-order valence-electron chi connectivity index (χ0n) is 12.3. The Morgan fingerprint density at radius 2 is 2.18 bits per heavy atom. The summed E-state index contributed by atoms with van der Waals surface area (Å²) in [5.41, 5.74) is 1.02. The fourth-order valence-corrected chi connectivity index (χ4v) is 2.70. The molecule has 0 amide bonds. The molecule has 0 fully saturated rings. The number of hydrogen-bond donors (Lipinski definition) is 2. The molecule has 0 aliphatic rings. The number of rotatable bonds is 6. The summed E-state index contributed by atoms with van der Waals surface area (Å²) in [6.07, 6.45) is 4.12. The number of halogens is 2. The van der Waals surface area contributed by atoms with Crippen LogP contribution in [0, 0.1) is 0 Å². The first-order valence-electron chi connectivity index (χ1n) is 7.11. The van der Waals surface area contributed by atoms with Gasteiger partial charge in [-0.2, -0.15) is 5.10 Å². The van der Waals surface area contributed by atoms with Crippen LogP contribution in [-0.2, 0) is 6.54 Å². The molecule has 0 spiro atoms. The summed E-state index contributed by atoms with van der Waals surface area (Å²) in [7, 11) is 0. The molecule has 0 aliphatic carbocycles. The van der Waals surface area contributed by atoms with Crippen LogP contribution in [0.2, 0.25) is 5.02 Å². The minimum absolute atomic E-state index is 0.581. The number of anilines is 1. The standard InChI is InChI=1S/C15H18BrClN4S/c1-2-3-8-18-15(22)19-14-12(16)10-21(20-14)9-11-6-4-5-7-13(11)17/h4-7,10H,2-3,8-9H2,1H3,(H2,18,19,20,22). The molecule has 0 saturated heterocycles. The lowest BCUT2D eigenvalue weighted by molar-refractivity contribution is 0.689. The molecule has 1 aromatic heterocycles. The fourth-order valence-electron chi connectivity index (χ4n) is 1.89. The molecule has 1 aromatic carbocycles. The number of hydrogen-bond acceptors (Lipinski definition) is 2. The number of thiocarbonyl (C=S) groups is 1. The van der Waals surface area contributed by atoms with Crippen molar-refractivity contribution in [3.05, 3.63) is 45.5 Å². The molecule has 4 nitrogen and oxygen atoms in total. The zero-order chi connectivity index (χ0) is 15.9. The van der Waals surface area contributed by atoms with Gasteiger partial charge in [0.25, 0.3) is 0 Å². The summed E-state index contributed by atoms with van der Waals surface area (Å²) in [6, 6.07) is 7.74. The van der Waals surface area contributed by atoms with Crippen molar-refractivity contribution in [2.24, 2.45) is 0 Å². The number of aromatic nitrogens is 2. The molecule has 1 heterocycles. The fraction of sp³-hybridized carbons (Fsp3) is 0.333. The van der Waals surface area contributed by atoms with E-state index in [0.29, 0.717) is 17.5 Å². The van der Waals surface area contributed by atoms with Gasteiger partial charge in [-0.25, -0.2) is 0 Å². The number of unbranched alkanes of at least 4 members (excludes halogenated alkanes) is 1. The van der Waals surface area contributed by atoms with E-state index in [0.717, 1.165) is 34.4 Å². The van der Waals surface area contributed by atoms with E-state index in [1.165, 1.54) is 0 Å². The number of nitrogens with one attached hydrogen (secondary N) is 2. The Hall–Kier alpha value is -1.11. The summed E-state index contributed by atoms with van der Waals surface area (Å²) in [6.45, 7) is 3.61. The van der Waals surface area contributed by atoms with Crippen LogP contribution in [0.1, 0.15) is 25.3 Å². The van der Waals surface area contributed by atoms with Crippen LogP contribution in [0.3, 0.4) is 0 Å². The van der Waals surface area contributed by atoms with E-state index in [2.05, 4.69) is 38.6 Å². The average molecular weight is 402 g/mol. The van der Waals surface area contributed by atoms with Crippen LogP contribution in [0.4, 0.5) is 5.82 Å². The van der Waals surface area contributed by atoms with E-state index < -0.39 is 0 Å². The van der Waals surface area contributed by atoms with Crippen molar-refractivity contribution in [3.8, 4) is 0 Å². The van der Waals surface area contributed by atoms with Gasteiger partial charge < -0.3 is 10.6 Å². The van der Waals surface area contributed by atoms with Crippen molar-refractivity contribution in [2.45, 2.75) is 26.3 Å². The van der Waals surface area contributed by atoms with Gasteiger partial charge in [-0.05, 0) is 46.2 Å². The van der Waals surface area contributed by atoms with Gasteiger partial charge in [0.1, 0.15) is 0 Å². The molecule has 0 saturated carbocycles. The third-order valence-electron chi connectivity index (χ3n) is 3.06. The largest absolute Gasteiger partial charge is 0.362 e. The molecule has 0 atom stereocenters. The Kier molecular flexibility index (Phi) is 6.67. The molecule has 7 heteroatoms. The molecular weight excluding hydrogens is 384 g/mol. The van der Waals surface area contributed by atoms with Gasteiger partial charge in [0.15, 0.2) is 10.9 Å². The van der Waals surface area contributed by atoms with Gasteiger partial charge in [0.05, 0.1) is 11.0 Å². The van der Waals surface area contributed by atoms with Gasteiger partial charge in [-0.15, -0.1) is 0 Å². The van der Waals surface area contributed by atoms with E-state index in [-0.39, 0.29) is 0 Å². The van der Waals surface area contributed by atoms with Crippen LogP contribution >= 0.6 is 39.7 Å². The molecule has 0 unspecified atom stereocenters. The smallest absolute Gasteiger partial charge is 0.172 e. The highest BCUT2D eigenvalue weighted by Crippen LogP contribution is 2.22. The molecule has 2 aromatic rings. The third-order valence-corrected chi connectivity index (χ3v) is 4.25. The van der Waals surface area contributed by atoms with Gasteiger partial charge in [-0.3, -0.25) is 4.68 Å². The van der Waals surface area contributed by atoms with Crippen molar-refractivity contribution >= 4 is 50.7 Å². The Labute approximate surface area is 149 Å². The topological polar surface area (TPSA) is 41.9 Å². The van der Waals surface area contributed by atoms with Crippen molar-refractivity contribution in [2.75, 3.05) is 11.9 Å². The third kappa shape index (κ3) is 4.97. The first-order chi connectivity index (χ1) is 10.6. The zero-order valence-corrected chi connectivity index (χ0v) is 15.4. The van der Waals surface area contributed by atoms with Gasteiger partial charge in [0.2, 0.25) is 0 Å². The minimum atomic E-state index is 0.581.